The molecule has 0 saturated carbocycles. The van der Waals surface area contributed by atoms with E-state index in [-0.39, 0.29) is 11.9 Å². The number of hydrogen-bond acceptors (Lipinski definition) is 5. The molecular formula is C26H20N4O4. The minimum atomic E-state index is -1.80. The predicted molar refractivity (Wildman–Crippen MR) is 127 cm³/mol. The number of fused-ring (bicyclic) bond motifs is 2. The summed E-state index contributed by atoms with van der Waals surface area (Å²) < 4.78 is 4.61. The first kappa shape index (κ1) is 21.2. The summed E-state index contributed by atoms with van der Waals surface area (Å²) in [5, 5.41) is 14.7. The van der Waals surface area contributed by atoms with Gasteiger partial charge in [0.25, 0.3) is 5.91 Å². The average molecular weight is 452 g/mol. The quantitative estimate of drug-likeness (QED) is 0.409. The fourth-order valence-corrected chi connectivity index (χ4v) is 4.30. The van der Waals surface area contributed by atoms with Crippen molar-refractivity contribution in [2.75, 3.05) is 17.3 Å². The van der Waals surface area contributed by atoms with Crippen LogP contribution in [-0.2, 0) is 10.5 Å². The second kappa shape index (κ2) is 7.76. The van der Waals surface area contributed by atoms with Crippen molar-refractivity contribution in [1.29, 1.82) is 0 Å². The Morgan fingerprint density at radius 1 is 1.21 bits per heavy atom. The first-order chi connectivity index (χ1) is 16.4. The highest BCUT2D eigenvalue weighted by molar-refractivity contribution is 6.13. The lowest BCUT2D eigenvalue weighted by Crippen LogP contribution is -2.45. The molecule has 4 aromatic rings. The number of anilines is 2. The third kappa shape index (κ3) is 3.10. The number of methoxy groups -OCH3 is 1. The molecule has 0 aliphatic carbocycles. The number of hydrogen-bond donors (Lipinski definition) is 3. The predicted octanol–water partition coefficient (Wildman–Crippen LogP) is 3.88. The van der Waals surface area contributed by atoms with Crippen molar-refractivity contribution in [2.24, 2.45) is 0 Å². The van der Waals surface area contributed by atoms with E-state index >= 15 is 0 Å². The Morgan fingerprint density at radius 2 is 2.00 bits per heavy atom. The van der Waals surface area contributed by atoms with Gasteiger partial charge in [-0.05, 0) is 42.8 Å². The molecule has 168 valence electrons. The Bertz CT molecular complexity index is 1520. The maximum Gasteiger partial charge on any atom is 0.413 e. The van der Waals surface area contributed by atoms with E-state index < -0.39 is 11.8 Å². The van der Waals surface area contributed by atoms with Crippen LogP contribution in [0, 0.1) is 19.3 Å². The second-order valence-electron chi connectivity index (χ2n) is 7.94. The zero-order chi connectivity index (χ0) is 24.0. The highest BCUT2D eigenvalue weighted by atomic mass is 16.5. The van der Waals surface area contributed by atoms with E-state index in [1.54, 1.807) is 54.6 Å². The summed E-state index contributed by atoms with van der Waals surface area (Å²) in [5.74, 6) is 2.45. The fraction of sp³-hybridized carbons (Fsp3) is 0.115. The maximum absolute atomic E-state index is 13.6. The number of aliphatic hydroxyl groups is 1. The standard InChI is InChI=1S/C26H20N4O4/c1-4-16-10-9-15(2)22(13-16)30-23(31)18-7-5-6-8-19(18)26(30,33)17-11-12-20-21(14-17)28-24(27-20)29-25(32)34-3/h1,5-14,33H,2-3H3,(H2,27,28,29,32). The third-order valence-corrected chi connectivity index (χ3v) is 5.97. The van der Waals surface area contributed by atoms with Gasteiger partial charge in [0, 0.05) is 22.3 Å². The van der Waals surface area contributed by atoms with Crippen LogP contribution in [-0.4, -0.2) is 34.2 Å². The highest BCUT2D eigenvalue weighted by Crippen LogP contribution is 2.46. The van der Waals surface area contributed by atoms with E-state index in [4.69, 9.17) is 6.42 Å². The summed E-state index contributed by atoms with van der Waals surface area (Å²) in [6.07, 6.45) is 4.94. The number of carbonyl (C=O) groups excluding carboxylic acids is 2. The molecule has 2 heterocycles. The molecule has 1 aliphatic heterocycles. The molecule has 1 aromatic heterocycles. The Labute approximate surface area is 195 Å². The summed E-state index contributed by atoms with van der Waals surface area (Å²) in [5.41, 5.74) is 2.50. The molecule has 1 atom stereocenters. The summed E-state index contributed by atoms with van der Waals surface area (Å²) in [7, 11) is 1.26. The van der Waals surface area contributed by atoms with Crippen molar-refractivity contribution >= 4 is 34.7 Å². The number of aromatic amines is 1. The van der Waals surface area contributed by atoms with Crippen LogP contribution in [0.1, 0.15) is 32.6 Å². The Kier molecular flexibility index (Phi) is 4.85. The number of aromatic nitrogens is 2. The van der Waals surface area contributed by atoms with Gasteiger partial charge in [-0.25, -0.2) is 9.78 Å². The van der Waals surface area contributed by atoms with Gasteiger partial charge in [0.05, 0.1) is 23.8 Å². The van der Waals surface area contributed by atoms with Crippen LogP contribution < -0.4 is 10.2 Å². The van der Waals surface area contributed by atoms with Gasteiger partial charge in [0.1, 0.15) is 0 Å². The lowest BCUT2D eigenvalue weighted by molar-refractivity contribution is 0.0703. The number of amides is 2. The molecule has 0 fully saturated rings. The third-order valence-electron chi connectivity index (χ3n) is 5.97. The number of aryl methyl sites for hydroxylation is 1. The molecule has 0 spiro atoms. The van der Waals surface area contributed by atoms with E-state index in [0.29, 0.717) is 39.0 Å². The Balaban J connectivity index is 1.71. The topological polar surface area (TPSA) is 108 Å². The van der Waals surface area contributed by atoms with Gasteiger partial charge in [-0.15, -0.1) is 6.42 Å². The second-order valence-corrected chi connectivity index (χ2v) is 7.94. The van der Waals surface area contributed by atoms with Gasteiger partial charge in [0.15, 0.2) is 5.72 Å². The number of terminal acetylenes is 1. The SMILES string of the molecule is C#Cc1ccc(C)c(N2C(=O)c3ccccc3C2(O)c2ccc3nc(NC(=O)OC)[nH]c3c2)c1. The van der Waals surface area contributed by atoms with Crippen molar-refractivity contribution in [2.45, 2.75) is 12.6 Å². The summed E-state index contributed by atoms with van der Waals surface area (Å²) in [6, 6.07) is 17.4. The van der Waals surface area contributed by atoms with Gasteiger partial charge in [-0.1, -0.05) is 36.3 Å². The van der Waals surface area contributed by atoms with Crippen molar-refractivity contribution in [3.05, 3.63) is 88.5 Å². The largest absolute Gasteiger partial charge is 0.453 e. The van der Waals surface area contributed by atoms with E-state index in [9.17, 15) is 14.7 Å². The average Bonchev–Trinajstić information content (AvgIpc) is 3.35. The lowest BCUT2D eigenvalue weighted by atomic mass is 9.93. The summed E-state index contributed by atoms with van der Waals surface area (Å²) in [6.45, 7) is 1.86. The molecule has 3 aromatic carbocycles. The summed E-state index contributed by atoms with van der Waals surface area (Å²) >= 11 is 0. The number of nitrogens with one attached hydrogen (secondary N) is 2. The van der Waals surface area contributed by atoms with E-state index in [1.165, 1.54) is 12.0 Å². The minimum absolute atomic E-state index is 0.198. The van der Waals surface area contributed by atoms with Crippen LogP contribution in [0.2, 0.25) is 0 Å². The molecule has 5 rings (SSSR count). The van der Waals surface area contributed by atoms with Crippen LogP contribution in [0.25, 0.3) is 11.0 Å². The van der Waals surface area contributed by atoms with Gasteiger partial charge in [-0.2, -0.15) is 0 Å². The highest BCUT2D eigenvalue weighted by Gasteiger charge is 2.51. The molecule has 0 radical (unpaired) electrons. The van der Waals surface area contributed by atoms with Crippen molar-refractivity contribution in [1.82, 2.24) is 9.97 Å². The zero-order valence-corrected chi connectivity index (χ0v) is 18.4. The molecule has 1 unspecified atom stereocenters. The normalized spacial score (nSPS) is 16.9. The monoisotopic (exact) mass is 452 g/mol. The van der Waals surface area contributed by atoms with Gasteiger partial charge in [-0.3, -0.25) is 15.0 Å². The Hall–Kier alpha value is -4.61. The molecular weight excluding hydrogens is 432 g/mol. The van der Waals surface area contributed by atoms with Crippen LogP contribution in [0.5, 0.6) is 0 Å². The molecule has 1 aliphatic rings. The van der Waals surface area contributed by atoms with Crippen molar-refractivity contribution in [3.8, 4) is 12.3 Å². The first-order valence-electron chi connectivity index (χ1n) is 10.5. The van der Waals surface area contributed by atoms with Crippen LogP contribution in [0.4, 0.5) is 16.4 Å². The van der Waals surface area contributed by atoms with Crippen molar-refractivity contribution < 1.29 is 19.4 Å². The van der Waals surface area contributed by atoms with Crippen molar-refractivity contribution in [3.63, 3.8) is 0 Å². The fourth-order valence-electron chi connectivity index (χ4n) is 4.30. The minimum Gasteiger partial charge on any atom is -0.453 e. The number of nitrogens with zero attached hydrogens (tertiary/aromatic N) is 2. The molecule has 0 bridgehead atoms. The number of imidazole rings is 1. The molecule has 2 amide bonds. The van der Waals surface area contributed by atoms with Gasteiger partial charge in [0.2, 0.25) is 5.95 Å². The molecule has 8 heteroatoms. The maximum atomic E-state index is 13.6. The molecule has 3 N–H and O–H groups in total. The smallest absolute Gasteiger partial charge is 0.413 e. The number of ether oxygens (including phenoxy) is 1. The number of rotatable bonds is 3. The van der Waals surface area contributed by atoms with Crippen LogP contribution >= 0.6 is 0 Å². The summed E-state index contributed by atoms with van der Waals surface area (Å²) in [4.78, 5) is 33.8. The van der Waals surface area contributed by atoms with Crippen LogP contribution in [0.3, 0.4) is 0 Å². The molecule has 8 nitrogen and oxygen atoms in total. The van der Waals surface area contributed by atoms with E-state index in [1.807, 2.05) is 13.0 Å². The van der Waals surface area contributed by atoms with Gasteiger partial charge < -0.3 is 14.8 Å². The number of carbonyl (C=O) groups is 2. The first-order valence-corrected chi connectivity index (χ1v) is 10.5. The Morgan fingerprint density at radius 3 is 2.76 bits per heavy atom. The molecule has 0 saturated heterocycles. The lowest BCUT2D eigenvalue weighted by Gasteiger charge is -2.35. The van der Waals surface area contributed by atoms with E-state index in [2.05, 4.69) is 25.9 Å². The zero-order valence-electron chi connectivity index (χ0n) is 18.4. The van der Waals surface area contributed by atoms with Gasteiger partial charge >= 0.3 is 6.09 Å². The molecule has 34 heavy (non-hydrogen) atoms. The van der Waals surface area contributed by atoms with Crippen LogP contribution in [0.15, 0.2) is 60.7 Å². The van der Waals surface area contributed by atoms with E-state index in [0.717, 1.165) is 5.56 Å². The number of H-pyrrole nitrogens is 1. The number of benzene rings is 3.